The van der Waals surface area contributed by atoms with E-state index in [-0.39, 0.29) is 35.6 Å². The van der Waals surface area contributed by atoms with Crippen molar-refractivity contribution in [3.05, 3.63) is 0 Å². The minimum absolute atomic E-state index is 0. The van der Waals surface area contributed by atoms with Crippen molar-refractivity contribution >= 4 is 24.3 Å². The summed E-state index contributed by atoms with van der Waals surface area (Å²) in [6.45, 7) is 1.22. The third-order valence-corrected chi connectivity index (χ3v) is 3.70. The van der Waals surface area contributed by atoms with Crippen LogP contribution in [-0.4, -0.2) is 37.2 Å². The van der Waals surface area contributed by atoms with E-state index in [0.717, 1.165) is 0 Å². The Morgan fingerprint density at radius 2 is 2.06 bits per heavy atom. The van der Waals surface area contributed by atoms with Gasteiger partial charge in [0.15, 0.2) is 0 Å². The number of aliphatic carboxylic acids is 1. The summed E-state index contributed by atoms with van der Waals surface area (Å²) in [4.78, 5) is 22.2. The van der Waals surface area contributed by atoms with Crippen LogP contribution in [0.15, 0.2) is 0 Å². The number of hydrogen-bond donors (Lipinski definition) is 2. The Bertz CT molecular complexity index is 301. The van der Waals surface area contributed by atoms with Crippen molar-refractivity contribution in [2.75, 3.05) is 20.2 Å². The molecule has 1 aliphatic heterocycles. The molecule has 2 rings (SSSR count). The zero-order chi connectivity index (χ0) is 11.1. The predicted octanol–water partition coefficient (Wildman–Crippen LogP) is 0.282. The second-order valence-electron chi connectivity index (χ2n) is 4.51. The number of esters is 1. The molecular formula is C10H16ClNO4. The molecule has 5 nitrogen and oxygen atoms in total. The van der Waals surface area contributed by atoms with Gasteiger partial charge >= 0.3 is 11.9 Å². The molecular weight excluding hydrogens is 234 g/mol. The maximum atomic E-state index is 11.2. The highest BCUT2D eigenvalue weighted by Gasteiger charge is 2.57. The van der Waals surface area contributed by atoms with Crippen LogP contribution < -0.4 is 5.32 Å². The molecule has 2 N–H and O–H groups in total. The number of carbonyl (C=O) groups is 2. The molecule has 1 atom stereocenters. The molecule has 0 radical (unpaired) electrons. The fraction of sp³-hybridized carbons (Fsp3) is 0.800. The summed E-state index contributed by atoms with van der Waals surface area (Å²) in [6.07, 6.45) is 1.28. The summed E-state index contributed by atoms with van der Waals surface area (Å²) in [5, 5.41) is 12.1. The van der Waals surface area contributed by atoms with Gasteiger partial charge in [0.05, 0.1) is 18.9 Å². The lowest BCUT2D eigenvalue weighted by molar-refractivity contribution is -0.161. The fourth-order valence-corrected chi connectivity index (χ4v) is 2.84. The van der Waals surface area contributed by atoms with E-state index in [2.05, 4.69) is 10.1 Å². The molecule has 0 aromatic heterocycles. The van der Waals surface area contributed by atoms with Crippen LogP contribution in [0.25, 0.3) is 0 Å². The molecule has 1 aliphatic carbocycles. The number of carboxylic acid groups (broad SMARTS) is 1. The van der Waals surface area contributed by atoms with Crippen molar-refractivity contribution in [2.45, 2.75) is 12.8 Å². The smallest absolute Gasteiger partial charge is 0.308 e. The standard InChI is InChI=1S/C10H15NO4.ClH/c1-15-9(14)6-2-10(3-6)5-11-4-7(10)8(12)13;/h6-7,11H,2-5H2,1H3,(H,12,13);1H. The molecule has 16 heavy (non-hydrogen) atoms. The molecule has 0 aromatic carbocycles. The first-order valence-electron chi connectivity index (χ1n) is 5.10. The number of nitrogens with one attached hydrogen (secondary N) is 1. The second kappa shape index (κ2) is 4.59. The molecule has 0 bridgehead atoms. The Hall–Kier alpha value is -0.810. The third-order valence-electron chi connectivity index (χ3n) is 3.70. The molecule has 2 aliphatic rings. The lowest BCUT2D eigenvalue weighted by Gasteiger charge is -2.45. The maximum absolute atomic E-state index is 11.2. The van der Waals surface area contributed by atoms with Gasteiger partial charge in [-0.1, -0.05) is 0 Å². The maximum Gasteiger partial charge on any atom is 0.308 e. The summed E-state index contributed by atoms with van der Waals surface area (Å²) in [5.74, 6) is -1.42. The zero-order valence-electron chi connectivity index (χ0n) is 9.06. The van der Waals surface area contributed by atoms with E-state index in [9.17, 15) is 9.59 Å². The van der Waals surface area contributed by atoms with Gasteiger partial charge in [-0.05, 0) is 18.3 Å². The number of halogens is 1. The number of rotatable bonds is 2. The van der Waals surface area contributed by atoms with Crippen LogP contribution in [-0.2, 0) is 14.3 Å². The van der Waals surface area contributed by atoms with E-state index in [1.165, 1.54) is 7.11 Å². The average Bonchev–Trinajstić information content (AvgIpc) is 2.58. The largest absolute Gasteiger partial charge is 0.481 e. The van der Waals surface area contributed by atoms with E-state index in [1.807, 2.05) is 0 Å². The van der Waals surface area contributed by atoms with E-state index in [0.29, 0.717) is 25.9 Å². The highest BCUT2D eigenvalue weighted by Crippen LogP contribution is 2.53. The molecule has 1 unspecified atom stereocenters. The summed E-state index contributed by atoms with van der Waals surface area (Å²) >= 11 is 0. The van der Waals surface area contributed by atoms with Gasteiger partial charge in [-0.25, -0.2) is 0 Å². The Morgan fingerprint density at radius 1 is 1.44 bits per heavy atom. The van der Waals surface area contributed by atoms with Crippen LogP contribution in [0.3, 0.4) is 0 Å². The number of methoxy groups -OCH3 is 1. The molecule has 0 aromatic rings. The first kappa shape index (κ1) is 13.3. The van der Waals surface area contributed by atoms with Gasteiger partial charge in [-0.15, -0.1) is 12.4 Å². The molecule has 1 spiro atoms. The lowest BCUT2D eigenvalue weighted by Crippen LogP contribution is -2.48. The first-order chi connectivity index (χ1) is 7.09. The first-order valence-corrected chi connectivity index (χ1v) is 5.10. The highest BCUT2D eigenvalue weighted by molar-refractivity contribution is 5.85. The average molecular weight is 250 g/mol. The summed E-state index contributed by atoms with van der Waals surface area (Å²) < 4.78 is 4.65. The van der Waals surface area contributed by atoms with E-state index in [1.54, 1.807) is 0 Å². The quantitative estimate of drug-likeness (QED) is 0.688. The molecule has 2 fully saturated rings. The minimum Gasteiger partial charge on any atom is -0.481 e. The Balaban J connectivity index is 0.00000128. The fourth-order valence-electron chi connectivity index (χ4n) is 2.84. The van der Waals surface area contributed by atoms with E-state index < -0.39 is 5.97 Å². The van der Waals surface area contributed by atoms with Gasteiger partial charge in [-0.3, -0.25) is 9.59 Å². The predicted molar refractivity (Wildman–Crippen MR) is 58.4 cm³/mol. The van der Waals surface area contributed by atoms with Crippen molar-refractivity contribution in [1.29, 1.82) is 0 Å². The van der Waals surface area contributed by atoms with Crippen LogP contribution in [0.2, 0.25) is 0 Å². The third kappa shape index (κ3) is 1.89. The van der Waals surface area contributed by atoms with Gasteiger partial charge in [0.2, 0.25) is 0 Å². The monoisotopic (exact) mass is 249 g/mol. The van der Waals surface area contributed by atoms with Gasteiger partial charge in [-0.2, -0.15) is 0 Å². The number of carbonyl (C=O) groups excluding carboxylic acids is 1. The van der Waals surface area contributed by atoms with Crippen LogP contribution in [0.4, 0.5) is 0 Å². The molecule has 1 saturated carbocycles. The summed E-state index contributed by atoms with van der Waals surface area (Å²) in [5.41, 5.74) is -0.204. The molecule has 92 valence electrons. The lowest BCUT2D eigenvalue weighted by atomic mass is 9.57. The molecule has 1 heterocycles. The zero-order valence-corrected chi connectivity index (χ0v) is 9.88. The topological polar surface area (TPSA) is 75.6 Å². The summed E-state index contributed by atoms with van der Waals surface area (Å²) in [6, 6.07) is 0. The van der Waals surface area contributed by atoms with Gasteiger partial charge in [0.1, 0.15) is 0 Å². The normalized spacial score (nSPS) is 36.3. The Kier molecular flexibility index (Phi) is 3.80. The number of ether oxygens (including phenoxy) is 1. The Labute approximate surface area is 99.9 Å². The molecule has 1 saturated heterocycles. The number of hydrogen-bond acceptors (Lipinski definition) is 4. The molecule has 6 heteroatoms. The van der Waals surface area contributed by atoms with Crippen molar-refractivity contribution in [2.24, 2.45) is 17.3 Å². The second-order valence-corrected chi connectivity index (χ2v) is 4.51. The van der Waals surface area contributed by atoms with Crippen LogP contribution in [0, 0.1) is 17.3 Å². The van der Waals surface area contributed by atoms with Crippen LogP contribution in [0.1, 0.15) is 12.8 Å². The van der Waals surface area contributed by atoms with Gasteiger partial charge in [0.25, 0.3) is 0 Å². The molecule has 0 amide bonds. The van der Waals surface area contributed by atoms with Gasteiger partial charge < -0.3 is 15.2 Å². The SMILES string of the molecule is COC(=O)C1CC2(CNCC2C(=O)O)C1.Cl. The highest BCUT2D eigenvalue weighted by atomic mass is 35.5. The Morgan fingerprint density at radius 3 is 2.56 bits per heavy atom. The van der Waals surface area contributed by atoms with Crippen molar-refractivity contribution < 1.29 is 19.4 Å². The van der Waals surface area contributed by atoms with E-state index in [4.69, 9.17) is 5.11 Å². The van der Waals surface area contributed by atoms with E-state index >= 15 is 0 Å². The van der Waals surface area contributed by atoms with Crippen molar-refractivity contribution in [1.82, 2.24) is 5.32 Å². The van der Waals surface area contributed by atoms with Crippen LogP contribution in [0.5, 0.6) is 0 Å². The van der Waals surface area contributed by atoms with Gasteiger partial charge in [0, 0.05) is 13.1 Å². The summed E-state index contributed by atoms with van der Waals surface area (Å²) in [7, 11) is 1.37. The van der Waals surface area contributed by atoms with Crippen molar-refractivity contribution in [3.63, 3.8) is 0 Å². The van der Waals surface area contributed by atoms with Crippen molar-refractivity contribution in [3.8, 4) is 0 Å². The minimum atomic E-state index is -0.761. The van der Waals surface area contributed by atoms with Crippen LogP contribution >= 0.6 is 12.4 Å². The number of carboxylic acids is 1.